The van der Waals surface area contributed by atoms with Crippen LogP contribution in [-0.2, 0) is 15.7 Å². The van der Waals surface area contributed by atoms with Gasteiger partial charge in [0.25, 0.3) is 0 Å². The highest BCUT2D eigenvalue weighted by Gasteiger charge is 2.44. The van der Waals surface area contributed by atoms with Crippen molar-refractivity contribution in [1.82, 2.24) is 5.32 Å². The average Bonchev–Trinajstić information content (AvgIpc) is 2.54. The third-order valence-corrected chi connectivity index (χ3v) is 10.4. The van der Waals surface area contributed by atoms with Gasteiger partial charge in [-0.2, -0.15) is 0 Å². The average molecular weight is 378 g/mol. The molecule has 0 saturated carbocycles. The van der Waals surface area contributed by atoms with Crippen molar-refractivity contribution >= 4 is 20.0 Å². The van der Waals surface area contributed by atoms with Crippen molar-refractivity contribution in [3.05, 3.63) is 29.3 Å². The lowest BCUT2D eigenvalue weighted by atomic mass is 9.89. The van der Waals surface area contributed by atoms with Gasteiger partial charge in [-0.25, -0.2) is 4.79 Å². The highest BCUT2D eigenvalue weighted by molar-refractivity contribution is 6.74. The summed E-state index contributed by atoms with van der Waals surface area (Å²) in [6.07, 6.45) is 1.06. The standard InChI is InChI=1S/C19H31N3O3Si/c1-19(2,3)26(4,5)25-17-11-24-16-9-15(17)22-14-7-6-12(8-13(14)16)10-21-18(20)23/h6-8,15-17,22H,9-11H2,1-5H3,(H3,20,21,23). The zero-order valence-corrected chi connectivity index (χ0v) is 17.4. The van der Waals surface area contributed by atoms with Gasteiger partial charge in [0.05, 0.1) is 24.9 Å². The number of amides is 2. The zero-order chi connectivity index (χ0) is 19.1. The molecule has 0 radical (unpaired) electrons. The SMILES string of the molecule is CC(C)(C)[Si](C)(C)OC1COC2CC1Nc1ccc(CNC(N)=O)cc12. The molecule has 4 N–H and O–H groups in total. The molecule has 2 aliphatic heterocycles. The number of rotatable bonds is 4. The number of anilines is 1. The minimum absolute atomic E-state index is 0.0732. The predicted molar refractivity (Wildman–Crippen MR) is 106 cm³/mol. The Morgan fingerprint density at radius 2 is 2.15 bits per heavy atom. The molecule has 1 saturated heterocycles. The van der Waals surface area contributed by atoms with E-state index in [1.807, 2.05) is 6.07 Å². The molecule has 3 unspecified atom stereocenters. The fraction of sp³-hybridized carbons (Fsp3) is 0.632. The lowest BCUT2D eigenvalue weighted by Crippen LogP contribution is -2.54. The third kappa shape index (κ3) is 3.89. The van der Waals surface area contributed by atoms with Crippen molar-refractivity contribution < 1.29 is 14.0 Å². The molecule has 1 fully saturated rings. The Balaban J connectivity index is 1.74. The van der Waals surface area contributed by atoms with E-state index in [1.54, 1.807) is 0 Å². The second kappa shape index (κ2) is 6.87. The molecule has 7 heteroatoms. The maximum atomic E-state index is 10.9. The lowest BCUT2D eigenvalue weighted by molar-refractivity contribution is -0.0620. The molecule has 1 aromatic carbocycles. The Kier molecular flexibility index (Phi) is 5.07. The summed E-state index contributed by atoms with van der Waals surface area (Å²) in [5.74, 6) is 0. The number of urea groups is 1. The minimum atomic E-state index is -1.84. The molecule has 3 rings (SSSR count). The molecule has 3 atom stereocenters. The summed E-state index contributed by atoms with van der Waals surface area (Å²) in [5, 5.41) is 6.46. The van der Waals surface area contributed by atoms with E-state index in [0.29, 0.717) is 13.2 Å². The van der Waals surface area contributed by atoms with Crippen molar-refractivity contribution in [2.24, 2.45) is 5.73 Å². The van der Waals surface area contributed by atoms with Gasteiger partial charge in [-0.15, -0.1) is 0 Å². The normalized spacial score (nSPS) is 25.2. The van der Waals surface area contributed by atoms with E-state index in [0.717, 1.165) is 23.2 Å². The highest BCUT2D eigenvalue weighted by Crippen LogP contribution is 2.43. The third-order valence-electron chi connectivity index (χ3n) is 5.90. The molecule has 2 bridgehead atoms. The fourth-order valence-corrected chi connectivity index (χ4v) is 4.67. The van der Waals surface area contributed by atoms with Crippen LogP contribution in [-0.4, -0.2) is 33.1 Å². The van der Waals surface area contributed by atoms with Crippen LogP contribution >= 0.6 is 0 Å². The quantitative estimate of drug-likeness (QED) is 0.701. The van der Waals surface area contributed by atoms with Crippen LogP contribution in [0.5, 0.6) is 0 Å². The summed E-state index contributed by atoms with van der Waals surface area (Å²) in [6, 6.07) is 5.91. The first-order valence-electron chi connectivity index (χ1n) is 9.29. The predicted octanol–water partition coefficient (Wildman–Crippen LogP) is 3.50. The van der Waals surface area contributed by atoms with E-state index >= 15 is 0 Å². The molecule has 6 nitrogen and oxygen atoms in total. The molecule has 0 aliphatic carbocycles. The van der Waals surface area contributed by atoms with Gasteiger partial charge in [0.2, 0.25) is 0 Å². The van der Waals surface area contributed by atoms with Crippen LogP contribution in [0.4, 0.5) is 10.5 Å². The summed E-state index contributed by atoms with van der Waals surface area (Å²) in [4.78, 5) is 10.9. The van der Waals surface area contributed by atoms with Gasteiger partial charge < -0.3 is 25.5 Å². The molecule has 2 heterocycles. The van der Waals surface area contributed by atoms with Gasteiger partial charge in [-0.05, 0) is 35.8 Å². The van der Waals surface area contributed by atoms with Gasteiger partial charge in [0.1, 0.15) is 0 Å². The number of hydrogen-bond acceptors (Lipinski definition) is 4. The molecule has 2 aliphatic rings. The zero-order valence-electron chi connectivity index (χ0n) is 16.4. The van der Waals surface area contributed by atoms with Gasteiger partial charge in [-0.1, -0.05) is 26.8 Å². The molecule has 1 aromatic rings. The number of ether oxygens (including phenoxy) is 1. The molecule has 26 heavy (non-hydrogen) atoms. The Labute approximate surface area is 156 Å². The first-order valence-corrected chi connectivity index (χ1v) is 12.2. The number of nitrogens with one attached hydrogen (secondary N) is 2. The van der Waals surface area contributed by atoms with Crippen LogP contribution in [0.15, 0.2) is 18.2 Å². The number of carbonyl (C=O) groups excluding carboxylic acids is 1. The molecular formula is C19H31N3O3Si. The Bertz CT molecular complexity index is 687. The van der Waals surface area contributed by atoms with Crippen LogP contribution in [0.3, 0.4) is 0 Å². The molecular weight excluding hydrogens is 346 g/mol. The monoisotopic (exact) mass is 377 g/mol. The number of primary amides is 1. The fourth-order valence-electron chi connectivity index (χ4n) is 3.33. The van der Waals surface area contributed by atoms with Crippen molar-refractivity contribution in [2.45, 2.75) is 70.1 Å². The smallest absolute Gasteiger partial charge is 0.312 e. The summed E-state index contributed by atoms with van der Waals surface area (Å²) in [5.41, 5.74) is 8.42. The van der Waals surface area contributed by atoms with Gasteiger partial charge in [0.15, 0.2) is 8.32 Å². The summed E-state index contributed by atoms with van der Waals surface area (Å²) < 4.78 is 12.8. The van der Waals surface area contributed by atoms with Crippen LogP contribution < -0.4 is 16.4 Å². The molecule has 2 amide bonds. The Morgan fingerprint density at radius 1 is 1.42 bits per heavy atom. The highest BCUT2D eigenvalue weighted by atomic mass is 28.4. The van der Waals surface area contributed by atoms with E-state index in [2.05, 4.69) is 56.6 Å². The second-order valence-electron chi connectivity index (χ2n) is 8.86. The molecule has 0 aromatic heterocycles. The number of benzene rings is 1. The van der Waals surface area contributed by atoms with Crippen LogP contribution in [0, 0.1) is 0 Å². The first-order chi connectivity index (χ1) is 12.1. The number of carbonyl (C=O) groups is 1. The van der Waals surface area contributed by atoms with E-state index in [4.69, 9.17) is 14.9 Å². The van der Waals surface area contributed by atoms with Crippen LogP contribution in [0.1, 0.15) is 44.4 Å². The minimum Gasteiger partial charge on any atom is -0.409 e. The van der Waals surface area contributed by atoms with Gasteiger partial charge >= 0.3 is 6.03 Å². The van der Waals surface area contributed by atoms with Crippen LogP contribution in [0.2, 0.25) is 18.1 Å². The van der Waals surface area contributed by atoms with Crippen molar-refractivity contribution in [3.8, 4) is 0 Å². The summed E-state index contributed by atoms with van der Waals surface area (Å²) in [6.45, 7) is 12.4. The molecule has 0 spiro atoms. The summed E-state index contributed by atoms with van der Waals surface area (Å²) >= 11 is 0. The maximum Gasteiger partial charge on any atom is 0.312 e. The van der Waals surface area contributed by atoms with E-state index in [9.17, 15) is 4.79 Å². The van der Waals surface area contributed by atoms with E-state index < -0.39 is 14.3 Å². The van der Waals surface area contributed by atoms with Crippen molar-refractivity contribution in [2.75, 3.05) is 11.9 Å². The largest absolute Gasteiger partial charge is 0.409 e. The Morgan fingerprint density at radius 3 is 2.81 bits per heavy atom. The lowest BCUT2D eigenvalue weighted by Gasteiger charge is -2.47. The van der Waals surface area contributed by atoms with Crippen LogP contribution in [0.25, 0.3) is 0 Å². The van der Waals surface area contributed by atoms with Gasteiger partial charge in [0, 0.05) is 24.2 Å². The second-order valence-corrected chi connectivity index (χ2v) is 13.6. The van der Waals surface area contributed by atoms with E-state index in [-0.39, 0.29) is 23.3 Å². The summed E-state index contributed by atoms with van der Waals surface area (Å²) in [7, 11) is -1.84. The molecule has 144 valence electrons. The maximum absolute atomic E-state index is 10.9. The Hall–Kier alpha value is -1.57. The first kappa shape index (κ1) is 19.2. The van der Waals surface area contributed by atoms with Gasteiger partial charge in [-0.3, -0.25) is 0 Å². The number of nitrogens with two attached hydrogens (primary N) is 1. The number of hydrogen-bond donors (Lipinski definition) is 3. The van der Waals surface area contributed by atoms with Crippen molar-refractivity contribution in [1.29, 1.82) is 0 Å². The van der Waals surface area contributed by atoms with E-state index in [1.165, 1.54) is 0 Å². The number of fused-ring (bicyclic) bond motifs is 4. The topological polar surface area (TPSA) is 85.6 Å². The van der Waals surface area contributed by atoms with Crippen molar-refractivity contribution in [3.63, 3.8) is 0 Å².